The van der Waals surface area contributed by atoms with Gasteiger partial charge in [0.2, 0.25) is 0 Å². The van der Waals surface area contributed by atoms with E-state index in [4.69, 9.17) is 0 Å². The molecule has 1 saturated carbocycles. The van der Waals surface area contributed by atoms with Crippen molar-refractivity contribution in [2.45, 2.75) is 31.3 Å². The highest BCUT2D eigenvalue weighted by molar-refractivity contribution is 5.34. The molecule has 1 aromatic heterocycles. The van der Waals surface area contributed by atoms with Gasteiger partial charge >= 0.3 is 0 Å². The lowest BCUT2D eigenvalue weighted by molar-refractivity contribution is 0.0529. The van der Waals surface area contributed by atoms with Gasteiger partial charge in [-0.2, -0.15) is 0 Å². The predicted octanol–water partition coefficient (Wildman–Crippen LogP) is 2.58. The van der Waals surface area contributed by atoms with E-state index in [9.17, 15) is 5.11 Å². The van der Waals surface area contributed by atoms with Gasteiger partial charge in [0.05, 0.1) is 5.60 Å². The molecule has 84 valence electrons. The van der Waals surface area contributed by atoms with E-state index >= 15 is 0 Å². The molecule has 0 aromatic carbocycles. The van der Waals surface area contributed by atoms with E-state index in [0.29, 0.717) is 5.92 Å². The summed E-state index contributed by atoms with van der Waals surface area (Å²) in [6, 6.07) is 4.04. The monoisotopic (exact) mass is 215 g/mol. The summed E-state index contributed by atoms with van der Waals surface area (Å²) in [5.74, 6) is 0.460. The van der Waals surface area contributed by atoms with Gasteiger partial charge in [-0.25, -0.2) is 0 Å². The van der Waals surface area contributed by atoms with Crippen molar-refractivity contribution < 1.29 is 5.11 Å². The van der Waals surface area contributed by atoms with Crippen LogP contribution in [0.25, 0.3) is 0 Å². The molecule has 1 aromatic rings. The van der Waals surface area contributed by atoms with E-state index in [1.54, 1.807) is 0 Å². The van der Waals surface area contributed by atoms with Gasteiger partial charge in [0.25, 0.3) is 0 Å². The number of aliphatic hydroxyl groups is 1. The Hall–Kier alpha value is -1.28. The molecule has 2 aliphatic carbocycles. The van der Waals surface area contributed by atoms with Crippen LogP contribution in [0.5, 0.6) is 0 Å². The van der Waals surface area contributed by atoms with Gasteiger partial charge in [0.15, 0.2) is 0 Å². The van der Waals surface area contributed by atoms with Gasteiger partial charge in [-0.1, -0.05) is 18.2 Å². The fourth-order valence-electron chi connectivity index (χ4n) is 2.62. The fourth-order valence-corrected chi connectivity index (χ4v) is 2.62. The maximum Gasteiger partial charge on any atom is 0.0945 e. The smallest absolute Gasteiger partial charge is 0.0945 e. The molecular weight excluding hydrogens is 198 g/mol. The SMILES string of the molecule is OC(Cc1ccc[nH]1)(C1=CC=CC1)C1CC1. The number of allylic oxidation sites excluding steroid dienone is 3. The van der Waals surface area contributed by atoms with Crippen LogP contribution in [0.15, 0.2) is 42.1 Å². The maximum absolute atomic E-state index is 10.9. The Bertz CT molecular complexity index is 426. The number of hydrogen-bond acceptors (Lipinski definition) is 1. The van der Waals surface area contributed by atoms with Crippen molar-refractivity contribution in [1.29, 1.82) is 0 Å². The molecule has 1 heterocycles. The molecule has 0 amide bonds. The van der Waals surface area contributed by atoms with Crippen molar-refractivity contribution in [3.05, 3.63) is 47.8 Å². The minimum absolute atomic E-state index is 0.460. The third kappa shape index (κ3) is 1.63. The minimum Gasteiger partial charge on any atom is -0.385 e. The highest BCUT2D eigenvalue weighted by Gasteiger charge is 2.46. The Balaban J connectivity index is 1.85. The summed E-state index contributed by atoms with van der Waals surface area (Å²) < 4.78 is 0. The zero-order chi connectivity index (χ0) is 11.0. The van der Waals surface area contributed by atoms with Crippen molar-refractivity contribution in [2.75, 3.05) is 0 Å². The second kappa shape index (κ2) is 3.63. The van der Waals surface area contributed by atoms with Crippen LogP contribution < -0.4 is 0 Å². The Morgan fingerprint density at radius 3 is 2.88 bits per heavy atom. The number of aromatic nitrogens is 1. The summed E-state index contributed by atoms with van der Waals surface area (Å²) in [7, 11) is 0. The summed E-state index contributed by atoms with van der Waals surface area (Å²) in [4.78, 5) is 3.19. The van der Waals surface area contributed by atoms with Gasteiger partial charge in [0.1, 0.15) is 0 Å². The molecule has 1 unspecified atom stereocenters. The zero-order valence-electron chi connectivity index (χ0n) is 9.32. The van der Waals surface area contributed by atoms with E-state index in [1.807, 2.05) is 12.3 Å². The molecule has 2 N–H and O–H groups in total. The quantitative estimate of drug-likeness (QED) is 0.795. The Labute approximate surface area is 95.7 Å². The van der Waals surface area contributed by atoms with Crippen LogP contribution in [0.1, 0.15) is 25.0 Å². The van der Waals surface area contributed by atoms with Crippen molar-refractivity contribution >= 4 is 0 Å². The Morgan fingerprint density at radius 1 is 1.44 bits per heavy atom. The first-order chi connectivity index (χ1) is 7.79. The van der Waals surface area contributed by atoms with Crippen molar-refractivity contribution in [1.82, 2.24) is 4.98 Å². The van der Waals surface area contributed by atoms with E-state index < -0.39 is 5.60 Å². The zero-order valence-corrected chi connectivity index (χ0v) is 9.32. The lowest BCUT2D eigenvalue weighted by Gasteiger charge is -2.29. The van der Waals surface area contributed by atoms with Crippen molar-refractivity contribution in [3.8, 4) is 0 Å². The molecule has 0 bridgehead atoms. The van der Waals surface area contributed by atoms with Crippen LogP contribution in [0.3, 0.4) is 0 Å². The third-order valence-corrected chi connectivity index (χ3v) is 3.70. The predicted molar refractivity (Wildman–Crippen MR) is 64.0 cm³/mol. The first-order valence-electron chi connectivity index (χ1n) is 6.00. The average molecular weight is 215 g/mol. The number of H-pyrrole nitrogens is 1. The number of hydrogen-bond donors (Lipinski definition) is 2. The standard InChI is InChI=1S/C14H17NO/c16-14(12-7-8-12,11-4-1-2-5-11)10-13-6-3-9-15-13/h1-4,6,9,12,15-16H,5,7-8,10H2. The highest BCUT2D eigenvalue weighted by atomic mass is 16.3. The molecule has 1 atom stereocenters. The average Bonchev–Trinajstić information content (AvgIpc) is 2.81. The topological polar surface area (TPSA) is 36.0 Å². The van der Waals surface area contributed by atoms with E-state index in [1.165, 1.54) is 5.57 Å². The van der Waals surface area contributed by atoms with Crippen LogP contribution in [-0.2, 0) is 6.42 Å². The molecule has 0 radical (unpaired) electrons. The first kappa shape index (κ1) is 9.91. The normalized spacial score (nSPS) is 23.2. The molecule has 0 aliphatic heterocycles. The van der Waals surface area contributed by atoms with E-state index in [2.05, 4.69) is 29.3 Å². The molecule has 16 heavy (non-hydrogen) atoms. The third-order valence-electron chi connectivity index (χ3n) is 3.70. The Kier molecular flexibility index (Phi) is 2.25. The molecule has 1 fully saturated rings. The first-order valence-corrected chi connectivity index (χ1v) is 6.00. The summed E-state index contributed by atoms with van der Waals surface area (Å²) in [5.41, 5.74) is 1.70. The van der Waals surface area contributed by atoms with Crippen LogP contribution >= 0.6 is 0 Å². The van der Waals surface area contributed by atoms with Crippen LogP contribution in [0, 0.1) is 5.92 Å². The number of nitrogens with one attached hydrogen (secondary N) is 1. The van der Waals surface area contributed by atoms with E-state index in [-0.39, 0.29) is 0 Å². The summed E-state index contributed by atoms with van der Waals surface area (Å²) in [5, 5.41) is 10.9. The second-order valence-electron chi connectivity index (χ2n) is 4.89. The van der Waals surface area contributed by atoms with E-state index in [0.717, 1.165) is 31.4 Å². The molecule has 0 saturated heterocycles. The summed E-state index contributed by atoms with van der Waals surface area (Å²) >= 11 is 0. The molecule has 3 rings (SSSR count). The highest BCUT2D eigenvalue weighted by Crippen LogP contribution is 2.46. The molecule has 2 heteroatoms. The van der Waals surface area contributed by atoms with Crippen LogP contribution in [0.2, 0.25) is 0 Å². The number of aromatic amines is 1. The molecule has 0 spiro atoms. The van der Waals surface area contributed by atoms with Gasteiger partial charge in [-0.3, -0.25) is 0 Å². The Morgan fingerprint density at radius 2 is 2.31 bits per heavy atom. The van der Waals surface area contributed by atoms with Crippen LogP contribution in [-0.4, -0.2) is 15.7 Å². The molecule has 2 nitrogen and oxygen atoms in total. The summed E-state index contributed by atoms with van der Waals surface area (Å²) in [6.07, 6.45) is 12.1. The van der Waals surface area contributed by atoms with Crippen molar-refractivity contribution in [3.63, 3.8) is 0 Å². The fraction of sp³-hybridized carbons (Fsp3) is 0.429. The summed E-state index contributed by atoms with van der Waals surface area (Å²) in [6.45, 7) is 0. The molecule has 2 aliphatic rings. The molecular formula is C14H17NO. The lowest BCUT2D eigenvalue weighted by atomic mass is 9.83. The number of rotatable bonds is 4. The lowest BCUT2D eigenvalue weighted by Crippen LogP contribution is -2.36. The van der Waals surface area contributed by atoms with Gasteiger partial charge < -0.3 is 10.1 Å². The van der Waals surface area contributed by atoms with Gasteiger partial charge in [-0.15, -0.1) is 0 Å². The largest absolute Gasteiger partial charge is 0.385 e. The van der Waals surface area contributed by atoms with Gasteiger partial charge in [-0.05, 0) is 42.9 Å². The second-order valence-corrected chi connectivity index (χ2v) is 4.89. The van der Waals surface area contributed by atoms with Crippen LogP contribution in [0.4, 0.5) is 0 Å². The van der Waals surface area contributed by atoms with Crippen molar-refractivity contribution in [2.24, 2.45) is 5.92 Å². The minimum atomic E-state index is -0.617. The maximum atomic E-state index is 10.9. The van der Waals surface area contributed by atoms with Gasteiger partial charge in [0, 0.05) is 18.3 Å².